The number of rotatable bonds is 5. The van der Waals surface area contributed by atoms with E-state index < -0.39 is 12.8 Å². The van der Waals surface area contributed by atoms with Crippen LogP contribution in [0.4, 0.5) is 24.9 Å². The smallest absolute Gasteiger partial charge is 0.422 e. The SMILES string of the molecule is Cc1cc(N2C[C@H]3CC[C@@H](C2)C3Nc2nc3c(C)ccc(OCC(F)(F)F)n3n2)ncn1. The van der Waals surface area contributed by atoms with Crippen molar-refractivity contribution < 1.29 is 17.9 Å². The Labute approximate surface area is 182 Å². The largest absolute Gasteiger partial charge is 0.468 e. The van der Waals surface area contributed by atoms with E-state index >= 15 is 0 Å². The first-order valence-corrected chi connectivity index (χ1v) is 10.6. The van der Waals surface area contributed by atoms with E-state index in [0.29, 0.717) is 23.4 Å². The fourth-order valence-corrected chi connectivity index (χ4v) is 4.80. The van der Waals surface area contributed by atoms with Crippen molar-refractivity contribution in [2.75, 3.05) is 29.9 Å². The van der Waals surface area contributed by atoms with Crippen LogP contribution in [0, 0.1) is 25.7 Å². The number of aromatic nitrogens is 5. The average molecular weight is 447 g/mol. The van der Waals surface area contributed by atoms with Crippen LogP contribution in [0.25, 0.3) is 5.65 Å². The van der Waals surface area contributed by atoms with Crippen molar-refractivity contribution in [2.45, 2.75) is 38.9 Å². The van der Waals surface area contributed by atoms with Crippen molar-refractivity contribution in [3.63, 3.8) is 0 Å². The Bertz CT molecular complexity index is 1120. The second-order valence-electron chi connectivity index (χ2n) is 8.62. The average Bonchev–Trinajstić information content (AvgIpc) is 3.25. The molecule has 32 heavy (non-hydrogen) atoms. The number of piperidine rings is 1. The number of fused-ring (bicyclic) bond motifs is 3. The van der Waals surface area contributed by atoms with Gasteiger partial charge >= 0.3 is 6.18 Å². The van der Waals surface area contributed by atoms with Crippen molar-refractivity contribution in [3.05, 3.63) is 35.8 Å². The molecule has 0 radical (unpaired) electrons. The van der Waals surface area contributed by atoms with E-state index in [1.807, 2.05) is 19.9 Å². The minimum absolute atomic E-state index is 0.0143. The van der Waals surface area contributed by atoms with Crippen LogP contribution in [-0.4, -0.2) is 56.5 Å². The summed E-state index contributed by atoms with van der Waals surface area (Å²) in [5.41, 5.74) is 2.23. The van der Waals surface area contributed by atoms with E-state index in [1.165, 1.54) is 10.6 Å². The number of nitrogens with zero attached hydrogens (tertiary/aromatic N) is 6. The fourth-order valence-electron chi connectivity index (χ4n) is 4.80. The molecule has 0 spiro atoms. The molecule has 5 rings (SSSR count). The zero-order valence-corrected chi connectivity index (χ0v) is 17.8. The van der Waals surface area contributed by atoms with Gasteiger partial charge in [0.15, 0.2) is 12.3 Å². The molecule has 1 aliphatic heterocycles. The minimum atomic E-state index is -4.42. The zero-order chi connectivity index (χ0) is 22.5. The number of aryl methyl sites for hydroxylation is 2. The topological polar surface area (TPSA) is 80.5 Å². The lowest BCUT2D eigenvalue weighted by molar-refractivity contribution is -0.154. The summed E-state index contributed by atoms with van der Waals surface area (Å²) in [6.07, 6.45) is -0.642. The molecule has 8 nitrogen and oxygen atoms in total. The van der Waals surface area contributed by atoms with Gasteiger partial charge in [-0.3, -0.25) is 0 Å². The fraction of sp³-hybridized carbons (Fsp3) is 0.524. The quantitative estimate of drug-likeness (QED) is 0.642. The molecule has 170 valence electrons. The summed E-state index contributed by atoms with van der Waals surface area (Å²) in [7, 11) is 0. The van der Waals surface area contributed by atoms with Gasteiger partial charge in [0, 0.05) is 37.0 Å². The maximum atomic E-state index is 12.6. The molecular formula is C21H24F3N7O. The Hall–Kier alpha value is -3.11. The Morgan fingerprint density at radius 3 is 2.56 bits per heavy atom. The summed E-state index contributed by atoms with van der Waals surface area (Å²) in [6.45, 7) is 4.16. The lowest BCUT2D eigenvalue weighted by Crippen LogP contribution is -2.48. The molecule has 1 saturated heterocycles. The zero-order valence-electron chi connectivity index (χ0n) is 17.8. The molecule has 1 saturated carbocycles. The molecule has 3 aromatic heterocycles. The number of alkyl halides is 3. The summed E-state index contributed by atoms with van der Waals surface area (Å²) < 4.78 is 44.1. The van der Waals surface area contributed by atoms with Crippen molar-refractivity contribution in [1.82, 2.24) is 24.6 Å². The van der Waals surface area contributed by atoms with Crippen LogP contribution in [0.5, 0.6) is 5.88 Å². The molecule has 2 bridgehead atoms. The number of hydrogen-bond donors (Lipinski definition) is 1. The number of pyridine rings is 1. The number of halogens is 3. The maximum Gasteiger partial charge on any atom is 0.422 e. The Morgan fingerprint density at radius 1 is 1.12 bits per heavy atom. The second-order valence-corrected chi connectivity index (χ2v) is 8.62. The van der Waals surface area contributed by atoms with Gasteiger partial charge in [0.05, 0.1) is 0 Å². The van der Waals surface area contributed by atoms with Crippen LogP contribution < -0.4 is 15.0 Å². The van der Waals surface area contributed by atoms with Crippen LogP contribution in [-0.2, 0) is 0 Å². The molecule has 0 aromatic carbocycles. The highest BCUT2D eigenvalue weighted by molar-refractivity contribution is 5.53. The predicted octanol–water partition coefficient (Wildman–Crippen LogP) is 3.40. The van der Waals surface area contributed by atoms with E-state index in [4.69, 9.17) is 4.74 Å². The summed E-state index contributed by atoms with van der Waals surface area (Å²) in [6, 6.07) is 5.37. The molecule has 1 aliphatic carbocycles. The van der Waals surface area contributed by atoms with Crippen LogP contribution in [0.15, 0.2) is 24.5 Å². The molecular weight excluding hydrogens is 423 g/mol. The van der Waals surface area contributed by atoms with E-state index in [9.17, 15) is 13.2 Å². The molecule has 2 aliphatic rings. The highest BCUT2D eigenvalue weighted by Crippen LogP contribution is 2.39. The molecule has 3 atom stereocenters. The van der Waals surface area contributed by atoms with Gasteiger partial charge in [0.1, 0.15) is 12.1 Å². The summed E-state index contributed by atoms with van der Waals surface area (Å²) in [4.78, 5) is 15.5. The first-order chi connectivity index (χ1) is 15.3. The van der Waals surface area contributed by atoms with Crippen molar-refractivity contribution >= 4 is 17.4 Å². The number of hydrogen-bond acceptors (Lipinski definition) is 7. The Balaban J connectivity index is 1.34. The van der Waals surface area contributed by atoms with Gasteiger partial charge in [-0.2, -0.15) is 22.7 Å². The second kappa shape index (κ2) is 7.79. The van der Waals surface area contributed by atoms with E-state index in [1.54, 1.807) is 12.4 Å². The van der Waals surface area contributed by atoms with Crippen LogP contribution in [0.2, 0.25) is 0 Å². The third-order valence-electron chi connectivity index (χ3n) is 6.27. The lowest BCUT2D eigenvalue weighted by Gasteiger charge is -2.38. The van der Waals surface area contributed by atoms with Crippen molar-refractivity contribution in [2.24, 2.45) is 11.8 Å². The van der Waals surface area contributed by atoms with Gasteiger partial charge in [0.25, 0.3) is 0 Å². The van der Waals surface area contributed by atoms with Crippen molar-refractivity contribution in [3.8, 4) is 5.88 Å². The van der Waals surface area contributed by atoms with Gasteiger partial charge in [-0.05, 0) is 44.1 Å². The summed E-state index contributed by atoms with van der Waals surface area (Å²) >= 11 is 0. The van der Waals surface area contributed by atoms with Gasteiger partial charge in [-0.1, -0.05) is 6.07 Å². The maximum absolute atomic E-state index is 12.6. The Morgan fingerprint density at radius 2 is 1.88 bits per heavy atom. The molecule has 1 unspecified atom stereocenters. The van der Waals surface area contributed by atoms with Crippen LogP contribution in [0.1, 0.15) is 24.1 Å². The predicted molar refractivity (Wildman–Crippen MR) is 112 cm³/mol. The highest BCUT2D eigenvalue weighted by Gasteiger charge is 2.43. The first kappa shape index (κ1) is 20.8. The number of nitrogens with one attached hydrogen (secondary N) is 1. The van der Waals surface area contributed by atoms with Crippen molar-refractivity contribution in [1.29, 1.82) is 0 Å². The van der Waals surface area contributed by atoms with Gasteiger partial charge in [-0.25, -0.2) is 9.97 Å². The summed E-state index contributed by atoms with van der Waals surface area (Å²) in [5, 5.41) is 7.88. The van der Waals surface area contributed by atoms with Gasteiger partial charge in [-0.15, -0.1) is 5.10 Å². The van der Waals surface area contributed by atoms with E-state index in [2.05, 4.69) is 30.3 Å². The van der Waals surface area contributed by atoms with E-state index in [0.717, 1.165) is 43.0 Å². The lowest BCUT2D eigenvalue weighted by atomic mass is 9.92. The van der Waals surface area contributed by atoms with Crippen LogP contribution >= 0.6 is 0 Å². The molecule has 11 heteroatoms. The normalized spacial score (nSPS) is 23.0. The number of ether oxygens (including phenoxy) is 1. The first-order valence-electron chi connectivity index (χ1n) is 10.6. The monoisotopic (exact) mass is 447 g/mol. The molecule has 4 heterocycles. The van der Waals surface area contributed by atoms with Crippen LogP contribution in [0.3, 0.4) is 0 Å². The molecule has 2 fully saturated rings. The molecule has 1 N–H and O–H groups in total. The molecule has 3 aromatic rings. The molecule has 0 amide bonds. The number of anilines is 2. The van der Waals surface area contributed by atoms with E-state index in [-0.39, 0.29) is 11.9 Å². The summed E-state index contributed by atoms with van der Waals surface area (Å²) in [5.74, 6) is 2.17. The minimum Gasteiger partial charge on any atom is -0.468 e. The van der Waals surface area contributed by atoms with Gasteiger partial charge in [0.2, 0.25) is 11.8 Å². The highest BCUT2D eigenvalue weighted by atomic mass is 19.4. The third kappa shape index (κ3) is 4.03. The standard InChI is InChI=1S/C21H24F3N7O/c1-12-3-6-17(32-10-21(22,23)24)31-19(12)28-20(29-31)27-18-14-4-5-15(18)9-30(8-14)16-7-13(2)25-11-26-16/h3,6-7,11,14-15,18H,4-5,8-10H2,1-2H3,(H,27,29)/t14-,15+,18?. The van der Waals surface area contributed by atoms with Gasteiger partial charge < -0.3 is 15.0 Å². The Kier molecular flexibility index (Phi) is 5.06. The third-order valence-corrected chi connectivity index (χ3v) is 6.27.